The van der Waals surface area contributed by atoms with Crippen LogP contribution in [0.4, 0.5) is 0 Å². The van der Waals surface area contributed by atoms with E-state index in [0.29, 0.717) is 11.8 Å². The molecule has 0 spiro atoms. The number of rotatable bonds is 8. The van der Waals surface area contributed by atoms with Gasteiger partial charge in [-0.05, 0) is 37.5 Å². The summed E-state index contributed by atoms with van der Waals surface area (Å²) in [5, 5.41) is 0. The Morgan fingerprint density at radius 2 is 1.25 bits per heavy atom. The fourth-order valence-corrected chi connectivity index (χ4v) is 3.02. The highest BCUT2D eigenvalue weighted by molar-refractivity contribution is 5.87. The molecule has 0 aromatic carbocycles. The Kier molecular flexibility index (Phi) is 5.44. The molecule has 0 heterocycles. The summed E-state index contributed by atoms with van der Waals surface area (Å²) in [7, 11) is 0. The lowest BCUT2D eigenvalue weighted by Crippen LogP contribution is -2.43. The molecule has 2 fully saturated rings. The van der Waals surface area contributed by atoms with Gasteiger partial charge in [0.05, 0.1) is 0 Å². The third kappa shape index (κ3) is 4.22. The number of hydrogen-bond acceptors (Lipinski definition) is 2. The van der Waals surface area contributed by atoms with Gasteiger partial charge in [-0.1, -0.05) is 39.5 Å². The Morgan fingerprint density at radius 3 is 1.60 bits per heavy atom. The van der Waals surface area contributed by atoms with Crippen LogP contribution in [0, 0.1) is 23.7 Å². The molecular weight excluding hydrogens is 252 g/mol. The van der Waals surface area contributed by atoms with Gasteiger partial charge >= 0.3 is 0 Å². The van der Waals surface area contributed by atoms with Gasteiger partial charge in [0.25, 0.3) is 0 Å². The highest BCUT2D eigenvalue weighted by Crippen LogP contribution is 2.43. The van der Waals surface area contributed by atoms with Crippen molar-refractivity contribution >= 4 is 11.8 Å². The molecule has 2 aliphatic rings. The van der Waals surface area contributed by atoms with Crippen molar-refractivity contribution in [3.05, 3.63) is 0 Å². The minimum atomic E-state index is 0.00483. The van der Waals surface area contributed by atoms with Crippen LogP contribution in [0.15, 0.2) is 0 Å². The van der Waals surface area contributed by atoms with Crippen molar-refractivity contribution in [2.24, 2.45) is 23.7 Å². The van der Waals surface area contributed by atoms with E-state index >= 15 is 0 Å². The minimum absolute atomic E-state index is 0.00483. The molecule has 4 nitrogen and oxygen atoms in total. The van der Waals surface area contributed by atoms with Crippen LogP contribution in [0.1, 0.15) is 65.2 Å². The fraction of sp³-hybridized carbons (Fsp3) is 0.875. The van der Waals surface area contributed by atoms with E-state index in [4.69, 9.17) is 0 Å². The summed E-state index contributed by atoms with van der Waals surface area (Å²) in [4.78, 5) is 23.7. The van der Waals surface area contributed by atoms with E-state index in [1.807, 2.05) is 0 Å². The zero-order valence-electron chi connectivity index (χ0n) is 12.8. The van der Waals surface area contributed by atoms with Gasteiger partial charge in [0.15, 0.2) is 0 Å². The number of hydrazine groups is 1. The Labute approximate surface area is 122 Å². The van der Waals surface area contributed by atoms with E-state index in [9.17, 15) is 9.59 Å². The summed E-state index contributed by atoms with van der Waals surface area (Å²) in [6, 6.07) is 0. The first kappa shape index (κ1) is 15.3. The van der Waals surface area contributed by atoms with Crippen LogP contribution in [0.5, 0.6) is 0 Å². The van der Waals surface area contributed by atoms with Crippen LogP contribution >= 0.6 is 0 Å². The number of carbonyl (C=O) groups is 2. The maximum Gasteiger partial charge on any atom is 0.241 e. The van der Waals surface area contributed by atoms with E-state index < -0.39 is 0 Å². The topological polar surface area (TPSA) is 58.2 Å². The zero-order chi connectivity index (χ0) is 14.5. The second kappa shape index (κ2) is 7.09. The van der Waals surface area contributed by atoms with Crippen LogP contribution in [-0.2, 0) is 9.59 Å². The lowest BCUT2D eigenvalue weighted by atomic mass is 10.1. The fourth-order valence-electron chi connectivity index (χ4n) is 3.02. The predicted molar refractivity (Wildman–Crippen MR) is 78.5 cm³/mol. The summed E-state index contributed by atoms with van der Waals surface area (Å²) in [5.41, 5.74) is 5.22. The molecule has 2 rings (SSSR count). The molecule has 2 N–H and O–H groups in total. The lowest BCUT2D eigenvalue weighted by Gasteiger charge is -2.07. The molecule has 0 aromatic rings. The average molecular weight is 280 g/mol. The minimum Gasteiger partial charge on any atom is -0.273 e. The molecule has 0 aromatic heterocycles. The second-order valence-corrected chi connectivity index (χ2v) is 6.47. The molecule has 2 amide bonds. The first-order chi connectivity index (χ1) is 9.67. The highest BCUT2D eigenvalue weighted by atomic mass is 16.2. The molecule has 4 heteroatoms. The quantitative estimate of drug-likeness (QED) is 0.672. The van der Waals surface area contributed by atoms with Gasteiger partial charge in [0.1, 0.15) is 0 Å². The lowest BCUT2D eigenvalue weighted by molar-refractivity contribution is -0.130. The van der Waals surface area contributed by atoms with E-state index in [2.05, 4.69) is 24.7 Å². The molecule has 0 saturated heterocycles. The van der Waals surface area contributed by atoms with Gasteiger partial charge in [0, 0.05) is 11.8 Å². The van der Waals surface area contributed by atoms with Crippen molar-refractivity contribution in [3.63, 3.8) is 0 Å². The SMILES string of the molecule is CCCC[C@@H]1C[C@@H]1C(=O)NNC(=O)[C@@H]1C[C@H]1CCCC. The summed E-state index contributed by atoms with van der Waals surface area (Å²) < 4.78 is 0. The van der Waals surface area contributed by atoms with Crippen LogP contribution < -0.4 is 10.9 Å². The molecular formula is C16H28N2O2. The number of carbonyl (C=O) groups excluding carboxylic acids is 2. The molecule has 0 radical (unpaired) electrons. The van der Waals surface area contributed by atoms with Gasteiger partial charge in [-0.15, -0.1) is 0 Å². The Bertz CT molecular complexity index is 322. The van der Waals surface area contributed by atoms with E-state index in [1.54, 1.807) is 0 Å². The molecule has 0 bridgehead atoms. The van der Waals surface area contributed by atoms with Crippen molar-refractivity contribution in [2.45, 2.75) is 65.2 Å². The smallest absolute Gasteiger partial charge is 0.241 e. The molecule has 4 atom stereocenters. The normalized spacial score (nSPS) is 30.7. The molecule has 114 valence electrons. The molecule has 2 aliphatic carbocycles. The van der Waals surface area contributed by atoms with Crippen molar-refractivity contribution < 1.29 is 9.59 Å². The second-order valence-electron chi connectivity index (χ2n) is 6.47. The van der Waals surface area contributed by atoms with Gasteiger partial charge in [-0.25, -0.2) is 0 Å². The van der Waals surface area contributed by atoms with Gasteiger partial charge in [-0.3, -0.25) is 20.4 Å². The van der Waals surface area contributed by atoms with E-state index in [1.165, 1.54) is 25.7 Å². The van der Waals surface area contributed by atoms with E-state index in [-0.39, 0.29) is 23.7 Å². The first-order valence-corrected chi connectivity index (χ1v) is 8.27. The summed E-state index contributed by atoms with van der Waals surface area (Å²) in [5.74, 6) is 1.37. The van der Waals surface area contributed by atoms with Crippen molar-refractivity contribution in [1.82, 2.24) is 10.9 Å². The van der Waals surface area contributed by atoms with Crippen LogP contribution in [0.3, 0.4) is 0 Å². The third-order valence-electron chi connectivity index (χ3n) is 4.68. The first-order valence-electron chi connectivity index (χ1n) is 8.27. The Hall–Kier alpha value is -1.06. The average Bonchev–Trinajstić information content (AvgIpc) is 3.34. The number of hydrogen-bond donors (Lipinski definition) is 2. The molecule has 2 saturated carbocycles. The molecule has 20 heavy (non-hydrogen) atoms. The van der Waals surface area contributed by atoms with Crippen molar-refractivity contribution in [3.8, 4) is 0 Å². The molecule has 0 aliphatic heterocycles. The van der Waals surface area contributed by atoms with Crippen LogP contribution in [0.2, 0.25) is 0 Å². The van der Waals surface area contributed by atoms with Crippen LogP contribution in [0.25, 0.3) is 0 Å². The Morgan fingerprint density at radius 1 is 0.850 bits per heavy atom. The summed E-state index contributed by atoms with van der Waals surface area (Å²) in [6.45, 7) is 4.34. The van der Waals surface area contributed by atoms with Gasteiger partial charge in [-0.2, -0.15) is 0 Å². The van der Waals surface area contributed by atoms with Crippen molar-refractivity contribution in [2.75, 3.05) is 0 Å². The van der Waals surface area contributed by atoms with E-state index in [0.717, 1.165) is 25.7 Å². The zero-order valence-corrected chi connectivity index (χ0v) is 12.8. The largest absolute Gasteiger partial charge is 0.273 e. The third-order valence-corrected chi connectivity index (χ3v) is 4.68. The molecule has 0 unspecified atom stereocenters. The standard InChI is InChI=1S/C16H28N2O2/c1-3-5-7-11-9-13(11)15(19)17-18-16(20)14-10-12(14)8-6-4-2/h11-14H,3-10H2,1-2H3,(H,17,19)(H,18,20)/t11-,12-,13-,14+/m1/s1. The summed E-state index contributed by atoms with van der Waals surface area (Å²) >= 11 is 0. The maximum absolute atomic E-state index is 11.9. The Balaban J connectivity index is 1.57. The van der Waals surface area contributed by atoms with Gasteiger partial charge in [0.2, 0.25) is 11.8 Å². The number of unbranched alkanes of at least 4 members (excludes halogenated alkanes) is 2. The predicted octanol–water partition coefficient (Wildman–Crippen LogP) is 2.79. The van der Waals surface area contributed by atoms with Crippen molar-refractivity contribution in [1.29, 1.82) is 0 Å². The maximum atomic E-state index is 11.9. The van der Waals surface area contributed by atoms with Crippen LogP contribution in [-0.4, -0.2) is 11.8 Å². The number of nitrogens with one attached hydrogen (secondary N) is 2. The van der Waals surface area contributed by atoms with Gasteiger partial charge < -0.3 is 0 Å². The number of amides is 2. The summed E-state index contributed by atoms with van der Waals surface area (Å²) in [6.07, 6.45) is 9.03. The highest BCUT2D eigenvalue weighted by Gasteiger charge is 2.44. The monoisotopic (exact) mass is 280 g/mol.